The van der Waals surface area contributed by atoms with E-state index in [9.17, 15) is 22.4 Å². The van der Waals surface area contributed by atoms with Crippen molar-refractivity contribution in [1.29, 1.82) is 0 Å². The van der Waals surface area contributed by atoms with Crippen LogP contribution < -0.4 is 24.4 Å². The average molecular weight is 590 g/mol. The van der Waals surface area contributed by atoms with Crippen LogP contribution in [-0.2, 0) is 14.8 Å². The largest absolute Gasteiger partial charge is 0.486 e. The van der Waals surface area contributed by atoms with Crippen LogP contribution in [0.15, 0.2) is 102 Å². The number of halogens is 1. The summed E-state index contributed by atoms with van der Waals surface area (Å²) < 4.78 is 53.2. The highest BCUT2D eigenvalue weighted by atomic mass is 32.2. The average Bonchev–Trinajstić information content (AvgIpc) is 3.00. The van der Waals surface area contributed by atoms with Gasteiger partial charge in [-0.2, -0.15) is 0 Å². The molecule has 1 atom stereocenters. The molecule has 0 saturated heterocycles. The van der Waals surface area contributed by atoms with Crippen molar-refractivity contribution in [2.75, 3.05) is 29.4 Å². The molecule has 0 saturated carbocycles. The Morgan fingerprint density at radius 1 is 0.881 bits per heavy atom. The second-order valence-electron chi connectivity index (χ2n) is 9.49. The number of carbonyl (C=O) groups is 2. The van der Waals surface area contributed by atoms with E-state index >= 15 is 0 Å². The number of sulfonamides is 1. The maximum atomic E-state index is 13.8. The predicted molar refractivity (Wildman–Crippen MR) is 156 cm³/mol. The quantitative estimate of drug-likeness (QED) is 0.287. The molecule has 216 valence electrons. The van der Waals surface area contributed by atoms with Crippen LogP contribution in [0.1, 0.15) is 28.9 Å². The maximum absolute atomic E-state index is 13.8. The molecular formula is C31H28FN3O6S. The minimum Gasteiger partial charge on any atom is -0.486 e. The first-order valence-corrected chi connectivity index (χ1v) is 14.6. The van der Waals surface area contributed by atoms with Crippen molar-refractivity contribution in [2.24, 2.45) is 0 Å². The minimum absolute atomic E-state index is 0.0733. The van der Waals surface area contributed by atoms with Crippen LogP contribution in [0.2, 0.25) is 0 Å². The van der Waals surface area contributed by atoms with Gasteiger partial charge < -0.3 is 20.1 Å². The molecular weight excluding hydrogens is 561 g/mol. The Morgan fingerprint density at radius 2 is 1.55 bits per heavy atom. The lowest BCUT2D eigenvalue weighted by molar-refractivity contribution is -0.114. The Morgan fingerprint density at radius 3 is 2.29 bits per heavy atom. The number of hydrogen-bond donors (Lipinski definition) is 2. The van der Waals surface area contributed by atoms with Crippen LogP contribution >= 0.6 is 0 Å². The molecule has 4 aromatic rings. The smallest absolute Gasteiger partial charge is 0.264 e. The Kier molecular flexibility index (Phi) is 8.39. The molecule has 5 rings (SSSR count). The van der Waals surface area contributed by atoms with Crippen molar-refractivity contribution < 1.29 is 31.9 Å². The summed E-state index contributed by atoms with van der Waals surface area (Å²) in [6.45, 7) is 1.79. The van der Waals surface area contributed by atoms with Gasteiger partial charge in [0, 0.05) is 6.07 Å². The van der Waals surface area contributed by atoms with E-state index in [0.717, 1.165) is 22.0 Å². The first-order chi connectivity index (χ1) is 20.2. The van der Waals surface area contributed by atoms with Crippen LogP contribution in [0.3, 0.4) is 0 Å². The van der Waals surface area contributed by atoms with Gasteiger partial charge in [0.2, 0.25) is 5.91 Å². The van der Waals surface area contributed by atoms with Crippen LogP contribution in [0.4, 0.5) is 15.8 Å². The van der Waals surface area contributed by atoms with E-state index in [2.05, 4.69) is 10.6 Å². The number of anilines is 2. The van der Waals surface area contributed by atoms with E-state index < -0.39 is 34.2 Å². The first kappa shape index (κ1) is 28.6. The maximum Gasteiger partial charge on any atom is 0.264 e. The van der Waals surface area contributed by atoms with Crippen LogP contribution in [0.25, 0.3) is 0 Å². The number of fused-ring (bicyclic) bond motifs is 1. The molecule has 9 nitrogen and oxygen atoms in total. The number of nitrogens with zero attached hydrogens (tertiary/aromatic N) is 1. The molecule has 0 bridgehead atoms. The zero-order valence-corrected chi connectivity index (χ0v) is 23.4. The Hall–Kier alpha value is -4.90. The fourth-order valence-corrected chi connectivity index (χ4v) is 5.88. The fraction of sp³-hybridized carbons (Fsp3) is 0.161. The lowest BCUT2D eigenvalue weighted by Crippen LogP contribution is -2.38. The second kappa shape index (κ2) is 12.3. The monoisotopic (exact) mass is 589 g/mol. The normalized spacial score (nSPS) is 13.1. The summed E-state index contributed by atoms with van der Waals surface area (Å²) in [5, 5.41) is 5.58. The highest BCUT2D eigenvalue weighted by Gasteiger charge is 2.29. The third-order valence-electron chi connectivity index (χ3n) is 6.60. The number of rotatable bonds is 9. The molecule has 0 aliphatic carbocycles. The van der Waals surface area contributed by atoms with E-state index in [1.165, 1.54) is 30.3 Å². The molecule has 0 unspecified atom stereocenters. The van der Waals surface area contributed by atoms with Gasteiger partial charge in [-0.1, -0.05) is 42.5 Å². The predicted octanol–water partition coefficient (Wildman–Crippen LogP) is 4.92. The van der Waals surface area contributed by atoms with Crippen molar-refractivity contribution in [3.8, 4) is 11.5 Å². The molecule has 42 heavy (non-hydrogen) atoms. The highest BCUT2D eigenvalue weighted by Crippen LogP contribution is 2.34. The molecule has 11 heteroatoms. The molecule has 4 aromatic carbocycles. The van der Waals surface area contributed by atoms with Gasteiger partial charge in [-0.3, -0.25) is 13.9 Å². The standard InChI is InChI=1S/C31H28FN3O6S/c1-21(22-7-3-2-4-8-22)33-31(37)26-9-5-6-10-27(26)34-30(36)20-35(24-13-11-23(32)12-14-24)42(38,39)25-15-16-28-29(19-25)41-18-17-40-28/h2-16,19,21H,17-18,20H2,1H3,(H,33,37)(H,34,36)/t21-/m1/s1. The number of benzene rings is 4. The lowest BCUT2D eigenvalue weighted by Gasteiger charge is -2.25. The number of carbonyl (C=O) groups excluding carboxylic acids is 2. The number of para-hydroxylation sites is 1. The summed E-state index contributed by atoms with van der Waals surface area (Å²) in [4.78, 5) is 26.3. The third-order valence-corrected chi connectivity index (χ3v) is 8.37. The van der Waals surface area contributed by atoms with E-state index in [-0.39, 0.29) is 40.2 Å². The number of ether oxygens (including phenoxy) is 2. The van der Waals surface area contributed by atoms with Crippen molar-refractivity contribution in [2.45, 2.75) is 17.9 Å². The van der Waals surface area contributed by atoms with Crippen LogP contribution in [0, 0.1) is 5.82 Å². The number of amides is 2. The summed E-state index contributed by atoms with van der Waals surface area (Å²) in [5.74, 6) is -1.03. The van der Waals surface area contributed by atoms with Crippen molar-refractivity contribution >= 4 is 33.2 Å². The zero-order valence-electron chi connectivity index (χ0n) is 22.6. The summed E-state index contributed by atoms with van der Waals surface area (Å²) in [5.41, 5.74) is 1.39. The van der Waals surface area contributed by atoms with E-state index in [4.69, 9.17) is 9.47 Å². The summed E-state index contributed by atoms with van der Waals surface area (Å²) >= 11 is 0. The van der Waals surface area contributed by atoms with E-state index in [0.29, 0.717) is 12.4 Å². The van der Waals surface area contributed by atoms with Crippen molar-refractivity contribution in [3.63, 3.8) is 0 Å². The molecule has 0 spiro atoms. The first-order valence-electron chi connectivity index (χ1n) is 13.1. The molecule has 0 radical (unpaired) electrons. The highest BCUT2D eigenvalue weighted by molar-refractivity contribution is 7.92. The molecule has 1 aliphatic rings. The second-order valence-corrected chi connectivity index (χ2v) is 11.4. The van der Waals surface area contributed by atoms with E-state index in [1.54, 1.807) is 24.3 Å². The summed E-state index contributed by atoms with van der Waals surface area (Å²) in [6, 6.07) is 24.4. The topological polar surface area (TPSA) is 114 Å². The van der Waals surface area contributed by atoms with Gasteiger partial charge in [0.1, 0.15) is 25.6 Å². The molecule has 2 amide bonds. The van der Waals surface area contributed by atoms with Gasteiger partial charge in [-0.25, -0.2) is 12.8 Å². The molecule has 0 fully saturated rings. The number of nitrogens with one attached hydrogen (secondary N) is 2. The van der Waals surface area contributed by atoms with Gasteiger partial charge in [0.05, 0.1) is 27.9 Å². The lowest BCUT2D eigenvalue weighted by atomic mass is 10.1. The van der Waals surface area contributed by atoms with Gasteiger partial charge in [0.25, 0.3) is 15.9 Å². The molecule has 1 aliphatic heterocycles. The molecule has 0 aromatic heterocycles. The van der Waals surface area contributed by atoms with Crippen molar-refractivity contribution in [1.82, 2.24) is 5.32 Å². The van der Waals surface area contributed by atoms with Gasteiger partial charge in [-0.05, 0) is 61.0 Å². The Labute approximate surface area is 242 Å². The minimum atomic E-state index is -4.33. The van der Waals surface area contributed by atoms with Crippen LogP contribution in [0.5, 0.6) is 11.5 Å². The summed E-state index contributed by atoms with van der Waals surface area (Å²) in [7, 11) is -4.33. The van der Waals surface area contributed by atoms with E-state index in [1.807, 2.05) is 37.3 Å². The summed E-state index contributed by atoms with van der Waals surface area (Å²) in [6.07, 6.45) is 0. The number of hydrogen-bond acceptors (Lipinski definition) is 6. The van der Waals surface area contributed by atoms with Crippen LogP contribution in [-0.4, -0.2) is 40.0 Å². The Balaban J connectivity index is 1.39. The van der Waals surface area contributed by atoms with Gasteiger partial charge in [-0.15, -0.1) is 0 Å². The van der Waals surface area contributed by atoms with Gasteiger partial charge >= 0.3 is 0 Å². The molecule has 2 N–H and O–H groups in total. The fourth-order valence-electron chi connectivity index (χ4n) is 4.44. The molecule has 1 heterocycles. The van der Waals surface area contributed by atoms with Crippen molar-refractivity contribution in [3.05, 3.63) is 114 Å². The third kappa shape index (κ3) is 6.36. The van der Waals surface area contributed by atoms with Gasteiger partial charge in [0.15, 0.2) is 11.5 Å². The SMILES string of the molecule is C[C@@H](NC(=O)c1ccccc1NC(=O)CN(c1ccc(F)cc1)S(=O)(=O)c1ccc2c(c1)OCCO2)c1ccccc1. The Bertz CT molecular complexity index is 1700. The zero-order chi connectivity index (χ0) is 29.7.